The smallest absolute Gasteiger partial charge is 0.236 e. The first-order valence-corrected chi connectivity index (χ1v) is 6.37. The summed E-state index contributed by atoms with van der Waals surface area (Å²) >= 11 is 1.72. The normalized spacial score (nSPS) is 25.5. The second kappa shape index (κ2) is 4.45. The van der Waals surface area contributed by atoms with Crippen molar-refractivity contribution in [1.29, 1.82) is 0 Å². The maximum Gasteiger partial charge on any atom is 0.236 e. The van der Waals surface area contributed by atoms with Crippen LogP contribution in [0.25, 0.3) is 0 Å². The lowest BCUT2D eigenvalue weighted by atomic mass is 10.1. The molecule has 0 spiro atoms. The summed E-state index contributed by atoms with van der Waals surface area (Å²) in [7, 11) is 1.87. The fourth-order valence-corrected chi connectivity index (χ4v) is 3.33. The molecule has 0 radical (unpaired) electrons. The highest BCUT2D eigenvalue weighted by Gasteiger charge is 2.40. The van der Waals surface area contributed by atoms with E-state index in [0.717, 1.165) is 5.56 Å². The van der Waals surface area contributed by atoms with Crippen LogP contribution < -0.4 is 0 Å². The third-order valence-corrected chi connectivity index (χ3v) is 4.68. The Bertz CT molecular complexity index is 380. The number of aromatic nitrogens is 1. The van der Waals surface area contributed by atoms with Gasteiger partial charge in [-0.2, -0.15) is 0 Å². The second-order valence-corrected chi connectivity index (χ2v) is 5.62. The van der Waals surface area contributed by atoms with Gasteiger partial charge in [0.2, 0.25) is 5.91 Å². The van der Waals surface area contributed by atoms with E-state index in [9.17, 15) is 4.79 Å². The van der Waals surface area contributed by atoms with Crippen molar-refractivity contribution in [2.45, 2.75) is 24.5 Å². The van der Waals surface area contributed by atoms with E-state index in [2.05, 4.69) is 18.8 Å². The summed E-state index contributed by atoms with van der Waals surface area (Å²) in [5, 5.41) is 0.198. The standard InChI is InChI=1S/C12H16N2OS/c1-8(2)10-11(15)14(3)12(16-10)9-5-4-6-13-7-9/h4-8,10,12H,1-3H3/t10-,12+/m0/s1. The molecule has 1 saturated heterocycles. The molecule has 2 heterocycles. The molecule has 1 aromatic heterocycles. The van der Waals surface area contributed by atoms with Gasteiger partial charge in [-0.3, -0.25) is 9.78 Å². The molecule has 0 aromatic carbocycles. The van der Waals surface area contributed by atoms with Gasteiger partial charge < -0.3 is 4.90 Å². The fourth-order valence-electron chi connectivity index (χ4n) is 1.87. The summed E-state index contributed by atoms with van der Waals surface area (Å²) < 4.78 is 0. The Kier molecular flexibility index (Phi) is 3.19. The Hall–Kier alpha value is -1.03. The molecule has 1 amide bonds. The number of rotatable bonds is 2. The SMILES string of the molecule is CC(C)[C@@H]1S[C@H](c2cccnc2)N(C)C1=O. The summed E-state index contributed by atoms with van der Waals surface area (Å²) in [5.41, 5.74) is 1.10. The summed E-state index contributed by atoms with van der Waals surface area (Å²) in [6.07, 6.45) is 3.59. The average molecular weight is 236 g/mol. The lowest BCUT2D eigenvalue weighted by Crippen LogP contribution is -2.29. The minimum atomic E-state index is 0.0789. The molecule has 0 bridgehead atoms. The van der Waals surface area contributed by atoms with Crippen molar-refractivity contribution >= 4 is 17.7 Å². The minimum Gasteiger partial charge on any atom is -0.329 e. The molecular weight excluding hydrogens is 220 g/mol. The van der Waals surface area contributed by atoms with Gasteiger partial charge >= 0.3 is 0 Å². The predicted octanol–water partition coefficient (Wildman–Crippen LogP) is 2.31. The highest BCUT2D eigenvalue weighted by molar-refractivity contribution is 8.01. The van der Waals surface area contributed by atoms with Crippen LogP contribution in [0.4, 0.5) is 0 Å². The quantitative estimate of drug-likeness (QED) is 0.790. The zero-order valence-corrected chi connectivity index (χ0v) is 10.6. The molecule has 1 aliphatic rings. The summed E-state index contributed by atoms with van der Waals surface area (Å²) in [5.74, 6) is 0.607. The first-order valence-electron chi connectivity index (χ1n) is 5.43. The van der Waals surface area contributed by atoms with Gasteiger partial charge in [-0.05, 0) is 12.0 Å². The van der Waals surface area contributed by atoms with Crippen LogP contribution in [0.1, 0.15) is 24.8 Å². The van der Waals surface area contributed by atoms with Crippen LogP contribution in [0.3, 0.4) is 0 Å². The number of thioether (sulfide) groups is 1. The van der Waals surface area contributed by atoms with Crippen LogP contribution in [-0.2, 0) is 4.79 Å². The van der Waals surface area contributed by atoms with E-state index >= 15 is 0 Å². The number of amides is 1. The monoisotopic (exact) mass is 236 g/mol. The average Bonchev–Trinajstić information content (AvgIpc) is 2.58. The second-order valence-electron chi connectivity index (χ2n) is 4.39. The van der Waals surface area contributed by atoms with Crippen molar-refractivity contribution in [3.63, 3.8) is 0 Å². The van der Waals surface area contributed by atoms with Crippen LogP contribution in [0, 0.1) is 5.92 Å². The molecular formula is C12H16N2OS. The number of carbonyl (C=O) groups excluding carboxylic acids is 1. The van der Waals surface area contributed by atoms with Gasteiger partial charge in [-0.25, -0.2) is 0 Å². The molecule has 1 fully saturated rings. The van der Waals surface area contributed by atoms with Crippen molar-refractivity contribution in [3.05, 3.63) is 30.1 Å². The molecule has 16 heavy (non-hydrogen) atoms. The van der Waals surface area contributed by atoms with Crippen molar-refractivity contribution in [2.75, 3.05) is 7.05 Å². The van der Waals surface area contributed by atoms with E-state index in [-0.39, 0.29) is 16.5 Å². The molecule has 4 heteroatoms. The molecule has 0 unspecified atom stereocenters. The van der Waals surface area contributed by atoms with Gasteiger partial charge in [0.05, 0.1) is 5.25 Å². The molecule has 2 rings (SSSR count). The van der Waals surface area contributed by atoms with Crippen molar-refractivity contribution < 1.29 is 4.79 Å². The van der Waals surface area contributed by atoms with Gasteiger partial charge in [-0.1, -0.05) is 19.9 Å². The highest BCUT2D eigenvalue weighted by atomic mass is 32.2. The Balaban J connectivity index is 2.23. The van der Waals surface area contributed by atoms with Crippen LogP contribution in [0.5, 0.6) is 0 Å². The van der Waals surface area contributed by atoms with Crippen LogP contribution in [0.2, 0.25) is 0 Å². The zero-order chi connectivity index (χ0) is 11.7. The highest BCUT2D eigenvalue weighted by Crippen LogP contribution is 2.44. The molecule has 1 aromatic rings. The first kappa shape index (κ1) is 11.5. The van der Waals surface area contributed by atoms with Gasteiger partial charge in [-0.15, -0.1) is 11.8 Å². The summed E-state index contributed by atoms with van der Waals surface area (Å²) in [6.45, 7) is 4.18. The van der Waals surface area contributed by atoms with E-state index in [1.165, 1.54) is 0 Å². The molecule has 2 atom stereocenters. The van der Waals surface area contributed by atoms with E-state index in [1.54, 1.807) is 18.0 Å². The zero-order valence-electron chi connectivity index (χ0n) is 9.75. The van der Waals surface area contributed by atoms with Crippen molar-refractivity contribution in [2.24, 2.45) is 5.92 Å². The van der Waals surface area contributed by atoms with Crippen LogP contribution in [-0.4, -0.2) is 28.1 Å². The maximum absolute atomic E-state index is 12.0. The van der Waals surface area contributed by atoms with E-state index in [0.29, 0.717) is 5.92 Å². The molecule has 0 saturated carbocycles. The topological polar surface area (TPSA) is 33.2 Å². The van der Waals surface area contributed by atoms with Gasteiger partial charge in [0, 0.05) is 25.0 Å². The Morgan fingerprint density at radius 1 is 1.50 bits per heavy atom. The lowest BCUT2D eigenvalue weighted by molar-refractivity contribution is -0.129. The predicted molar refractivity (Wildman–Crippen MR) is 66.0 cm³/mol. The summed E-state index contributed by atoms with van der Waals surface area (Å²) in [4.78, 5) is 17.9. The van der Waals surface area contributed by atoms with E-state index < -0.39 is 0 Å². The maximum atomic E-state index is 12.0. The van der Waals surface area contributed by atoms with Crippen molar-refractivity contribution in [1.82, 2.24) is 9.88 Å². The third-order valence-electron chi connectivity index (χ3n) is 2.79. The lowest BCUT2D eigenvalue weighted by Gasteiger charge is -2.18. The Morgan fingerprint density at radius 3 is 2.75 bits per heavy atom. The largest absolute Gasteiger partial charge is 0.329 e. The number of hydrogen-bond acceptors (Lipinski definition) is 3. The van der Waals surface area contributed by atoms with E-state index in [4.69, 9.17) is 0 Å². The number of carbonyl (C=O) groups is 1. The van der Waals surface area contributed by atoms with Crippen LogP contribution in [0.15, 0.2) is 24.5 Å². The van der Waals surface area contributed by atoms with E-state index in [1.807, 2.05) is 30.3 Å². The van der Waals surface area contributed by atoms with Gasteiger partial charge in [0.15, 0.2) is 0 Å². The molecule has 3 nitrogen and oxygen atoms in total. The summed E-state index contributed by atoms with van der Waals surface area (Å²) in [6, 6.07) is 3.94. The number of hydrogen-bond donors (Lipinski definition) is 0. The molecule has 0 N–H and O–H groups in total. The van der Waals surface area contributed by atoms with Crippen LogP contribution >= 0.6 is 11.8 Å². The molecule has 1 aliphatic heterocycles. The number of pyridine rings is 1. The van der Waals surface area contributed by atoms with Crippen molar-refractivity contribution in [3.8, 4) is 0 Å². The molecule has 0 aliphatic carbocycles. The number of nitrogens with zero attached hydrogens (tertiary/aromatic N) is 2. The van der Waals surface area contributed by atoms with Gasteiger partial charge in [0.25, 0.3) is 0 Å². The Morgan fingerprint density at radius 2 is 2.25 bits per heavy atom. The van der Waals surface area contributed by atoms with Gasteiger partial charge in [0.1, 0.15) is 5.37 Å². The Labute approximate surface area is 100 Å². The minimum absolute atomic E-state index is 0.0789. The first-order chi connectivity index (χ1) is 7.61. The third kappa shape index (κ3) is 1.94. The fraction of sp³-hybridized carbons (Fsp3) is 0.500. The molecule has 86 valence electrons.